The van der Waals surface area contributed by atoms with E-state index in [0.717, 1.165) is 58.2 Å². The number of rotatable bonds is 18. The summed E-state index contributed by atoms with van der Waals surface area (Å²) in [6.45, 7) is 18.6. The van der Waals surface area contributed by atoms with Crippen LogP contribution in [0.15, 0.2) is 24.8 Å². The van der Waals surface area contributed by atoms with Crippen LogP contribution in [0, 0.1) is 13.8 Å². The molecular formula is C54H67N5O14S. The van der Waals surface area contributed by atoms with Crippen LogP contribution in [0.4, 0.5) is 0 Å². The van der Waals surface area contributed by atoms with Crippen LogP contribution in [0.2, 0.25) is 0 Å². The summed E-state index contributed by atoms with van der Waals surface area (Å²) in [7, 11) is 4.27. The number of thioether (sulfide) groups is 1. The van der Waals surface area contributed by atoms with Gasteiger partial charge >= 0.3 is 35.8 Å². The van der Waals surface area contributed by atoms with Crippen molar-refractivity contribution in [3.05, 3.63) is 75.4 Å². The second-order valence-electron chi connectivity index (χ2n) is 18.6. The summed E-state index contributed by atoms with van der Waals surface area (Å²) in [5.74, 6) is -4.59. The molecule has 3 aromatic rings. The first-order chi connectivity index (χ1) is 35.1. The average Bonchev–Trinajstić information content (AvgIpc) is 4.03. The number of allylic oxidation sites excluding steroid dienone is 1. The standard InChI is InChI=1S/C54H67N5O14S/c1-14-34-26(3)38-22-40-28(5)36(17-18-46(65)67-12)48(57-40)37(49-47(53(66)68-13)29(6)41(58-49)24-43-35(15-2)27(4)39(56-43)23-42(34)55-38)21-45(64)59(11)19-16-20-74-54-52(72-33(10)63)51(71-32(9)62)50(70-31(8)61)44(73-54)25-69-30(7)60/h14,22-24,28,36,44,50-52,54-56H,1,15-21,25H2,2-13H3/t28-,36-,44+,50+,51?,52+,54-/m0/s1. The van der Waals surface area contributed by atoms with Gasteiger partial charge in [0.05, 0.1) is 43.3 Å². The van der Waals surface area contributed by atoms with Crippen LogP contribution in [0.25, 0.3) is 39.3 Å². The first-order valence-corrected chi connectivity index (χ1v) is 25.6. The fourth-order valence-corrected chi connectivity index (χ4v) is 10.9. The van der Waals surface area contributed by atoms with Crippen LogP contribution >= 0.6 is 11.8 Å². The molecule has 0 aliphatic carbocycles. The number of aryl methyl sites for hydroxylation is 3. The molecule has 20 heteroatoms. The zero-order chi connectivity index (χ0) is 54.3. The van der Waals surface area contributed by atoms with Crippen molar-refractivity contribution >= 4 is 92.8 Å². The molecule has 3 aliphatic heterocycles. The van der Waals surface area contributed by atoms with Gasteiger partial charge < -0.3 is 48.0 Å². The number of H-pyrrole nitrogens is 2. The minimum absolute atomic E-state index is 0.0574. The maximum absolute atomic E-state index is 14.8. The summed E-state index contributed by atoms with van der Waals surface area (Å²) in [5, 5.41) is 0. The van der Waals surface area contributed by atoms with Crippen molar-refractivity contribution in [2.24, 2.45) is 0 Å². The maximum atomic E-state index is 14.8. The topological polar surface area (TPSA) is 245 Å². The molecule has 0 radical (unpaired) electrons. The Morgan fingerprint density at radius 3 is 2.08 bits per heavy atom. The number of likely N-dealkylation sites (N-methyl/N-ethyl adjacent to an activating group) is 1. The maximum Gasteiger partial charge on any atom is 0.340 e. The van der Waals surface area contributed by atoms with E-state index in [1.54, 1.807) is 18.9 Å². The lowest BCUT2D eigenvalue weighted by Gasteiger charge is -2.44. The van der Waals surface area contributed by atoms with Gasteiger partial charge in [0.2, 0.25) is 5.91 Å². The van der Waals surface area contributed by atoms with Gasteiger partial charge in [0, 0.05) is 98.4 Å². The van der Waals surface area contributed by atoms with Gasteiger partial charge in [-0.1, -0.05) is 26.5 Å². The molecule has 1 unspecified atom stereocenters. The molecule has 19 nitrogen and oxygen atoms in total. The lowest BCUT2D eigenvalue weighted by atomic mass is 9.84. The number of aromatic nitrogens is 4. The Morgan fingerprint density at radius 2 is 1.46 bits per heavy atom. The summed E-state index contributed by atoms with van der Waals surface area (Å²) in [4.78, 5) is 110. The SMILES string of the molecule is C=Cc1c(C)c2cc3nc(c(CC(=O)N(C)CCCS[C@@H]4O[C@H](COC(C)=O)[C@@H](OC(C)=O)C(OC(C)=O)[C@H]4OC(C)=O)c4nc(cc5[nH]c(cc1[nH]2)c(C)c5CC)C(C)=C4C(=O)OC)[C@@H](CCC(=O)OC)[C@@H]3C. The second-order valence-corrected chi connectivity index (χ2v) is 19.8. The Bertz CT molecular complexity index is 2920. The summed E-state index contributed by atoms with van der Waals surface area (Å²) in [5.41, 5.74) is 9.38. The largest absolute Gasteiger partial charge is 0.469 e. The first-order valence-electron chi connectivity index (χ1n) is 24.5. The minimum Gasteiger partial charge on any atom is -0.469 e. The monoisotopic (exact) mass is 1040 g/mol. The van der Waals surface area contributed by atoms with E-state index >= 15 is 0 Å². The van der Waals surface area contributed by atoms with Crippen LogP contribution in [-0.2, 0) is 79.6 Å². The summed E-state index contributed by atoms with van der Waals surface area (Å²) in [6, 6.07) is 5.96. The molecule has 6 heterocycles. The number of esters is 6. The van der Waals surface area contributed by atoms with Gasteiger partial charge in [0.15, 0.2) is 18.3 Å². The van der Waals surface area contributed by atoms with Gasteiger partial charge in [-0.05, 0) is 86.2 Å². The summed E-state index contributed by atoms with van der Waals surface area (Å²) in [6.07, 6.45) is -1.94. The number of hydrogen-bond donors (Lipinski definition) is 2. The fourth-order valence-electron chi connectivity index (χ4n) is 9.80. The van der Waals surface area contributed by atoms with E-state index in [2.05, 4.69) is 36.5 Å². The lowest BCUT2D eigenvalue weighted by Crippen LogP contribution is -2.61. The van der Waals surface area contributed by atoms with E-state index < -0.39 is 71.6 Å². The van der Waals surface area contributed by atoms with Gasteiger partial charge in [0.25, 0.3) is 0 Å². The van der Waals surface area contributed by atoms with Gasteiger partial charge in [-0.15, -0.1) is 11.8 Å². The molecule has 1 amide bonds. The molecule has 6 rings (SSSR count). The molecule has 0 saturated carbocycles. The molecule has 1 fully saturated rings. The van der Waals surface area contributed by atoms with Crippen LogP contribution in [-0.4, -0.2) is 137 Å². The Hall–Kier alpha value is -6.80. The second kappa shape index (κ2) is 24.5. The fraction of sp³-hybridized carbons (Fsp3) is 0.500. The van der Waals surface area contributed by atoms with Crippen molar-refractivity contribution in [2.75, 3.05) is 40.2 Å². The zero-order valence-electron chi connectivity index (χ0n) is 44.2. The van der Waals surface area contributed by atoms with Crippen molar-refractivity contribution in [3.63, 3.8) is 0 Å². The number of ether oxygens (including phenoxy) is 7. The molecule has 74 heavy (non-hydrogen) atoms. The van der Waals surface area contributed by atoms with E-state index in [-0.39, 0.29) is 49.1 Å². The predicted octanol–water partition coefficient (Wildman–Crippen LogP) is 7.29. The quantitative estimate of drug-likeness (QED) is 0.0721. The van der Waals surface area contributed by atoms with E-state index in [9.17, 15) is 33.6 Å². The van der Waals surface area contributed by atoms with E-state index in [0.29, 0.717) is 53.2 Å². The molecular weight excluding hydrogens is 975 g/mol. The molecule has 0 aromatic carbocycles. The zero-order valence-corrected chi connectivity index (χ0v) is 45.0. The number of amides is 1. The van der Waals surface area contributed by atoms with Crippen molar-refractivity contribution in [1.82, 2.24) is 24.8 Å². The number of carbonyl (C=O) groups excluding carboxylic acids is 7. The van der Waals surface area contributed by atoms with Gasteiger partial charge in [-0.2, -0.15) is 0 Å². The van der Waals surface area contributed by atoms with Crippen molar-refractivity contribution in [3.8, 4) is 0 Å². The molecule has 398 valence electrons. The molecule has 2 N–H and O–H groups in total. The number of nitrogens with zero attached hydrogens (tertiary/aromatic N) is 3. The van der Waals surface area contributed by atoms with Crippen molar-refractivity contribution in [2.45, 2.75) is 136 Å². The number of hydrogen-bond acceptors (Lipinski definition) is 17. The highest BCUT2D eigenvalue weighted by atomic mass is 32.2. The number of fused-ring (bicyclic) bond motifs is 8. The third kappa shape index (κ3) is 12.6. The molecule has 1 saturated heterocycles. The molecule has 8 bridgehead atoms. The third-order valence-corrected chi connectivity index (χ3v) is 14.9. The van der Waals surface area contributed by atoms with Gasteiger partial charge in [0.1, 0.15) is 18.1 Å². The van der Waals surface area contributed by atoms with Gasteiger partial charge in [-0.3, -0.25) is 33.8 Å². The summed E-state index contributed by atoms with van der Waals surface area (Å²) >= 11 is 1.20. The van der Waals surface area contributed by atoms with E-state index in [1.165, 1.54) is 39.8 Å². The summed E-state index contributed by atoms with van der Waals surface area (Å²) < 4.78 is 38.7. The number of carbonyl (C=O) groups is 7. The van der Waals surface area contributed by atoms with Crippen LogP contribution in [0.1, 0.15) is 130 Å². The number of aromatic amines is 2. The Balaban J connectivity index is 1.44. The molecule has 3 aliphatic rings. The van der Waals surface area contributed by atoms with E-state index in [4.69, 9.17) is 43.1 Å². The lowest BCUT2D eigenvalue weighted by molar-refractivity contribution is -0.237. The van der Waals surface area contributed by atoms with Gasteiger partial charge in [-0.25, -0.2) is 9.78 Å². The van der Waals surface area contributed by atoms with E-state index in [1.807, 2.05) is 32.1 Å². The molecule has 0 spiro atoms. The predicted molar refractivity (Wildman–Crippen MR) is 277 cm³/mol. The molecule has 7 atom stereocenters. The average molecular weight is 1040 g/mol. The van der Waals surface area contributed by atoms with Crippen LogP contribution < -0.4 is 0 Å². The normalized spacial score (nSPS) is 20.3. The Labute approximate surface area is 434 Å². The molecule has 3 aromatic heterocycles. The third-order valence-electron chi connectivity index (χ3n) is 13.6. The minimum atomic E-state index is -1.32. The number of methoxy groups -OCH3 is 2. The smallest absolute Gasteiger partial charge is 0.340 e. The van der Waals surface area contributed by atoms with Crippen molar-refractivity contribution < 1.29 is 66.7 Å². The Morgan fingerprint density at radius 1 is 0.811 bits per heavy atom. The first kappa shape index (κ1) is 56.5. The highest BCUT2D eigenvalue weighted by Gasteiger charge is 2.52. The van der Waals surface area contributed by atoms with Crippen LogP contribution in [0.3, 0.4) is 0 Å². The van der Waals surface area contributed by atoms with Crippen LogP contribution in [0.5, 0.6) is 0 Å². The Kier molecular flexibility index (Phi) is 18.7. The highest BCUT2D eigenvalue weighted by molar-refractivity contribution is 7.99. The highest BCUT2D eigenvalue weighted by Crippen LogP contribution is 2.44. The van der Waals surface area contributed by atoms with Crippen molar-refractivity contribution in [1.29, 1.82) is 0 Å². The number of nitrogens with one attached hydrogen (secondary N) is 2.